The molecule has 0 aliphatic rings. The first-order chi connectivity index (χ1) is 6.62. The maximum absolute atomic E-state index is 9.98. The molecule has 1 N–H and O–H groups in total. The minimum Gasteiger partial charge on any atom is -0.450 e. The van der Waals surface area contributed by atoms with Gasteiger partial charge in [-0.1, -0.05) is 18.7 Å². The van der Waals surface area contributed by atoms with E-state index in [9.17, 15) is 4.57 Å². The summed E-state index contributed by atoms with van der Waals surface area (Å²) in [4.78, 5) is 7.22. The quantitative estimate of drug-likeness (QED) is 0.569. The van der Waals surface area contributed by atoms with Crippen molar-refractivity contribution in [3.63, 3.8) is 0 Å². The second kappa shape index (κ2) is 7.54. The van der Waals surface area contributed by atoms with Crippen LogP contribution in [0.3, 0.4) is 0 Å². The van der Waals surface area contributed by atoms with Crippen LogP contribution in [0.1, 0.15) is 0 Å². The number of nitrogens with zero attached hydrogens (tertiary/aromatic N) is 3. The van der Waals surface area contributed by atoms with Gasteiger partial charge in [-0.3, -0.25) is 0 Å². The summed E-state index contributed by atoms with van der Waals surface area (Å²) < 4.78 is 10.3. The summed E-state index contributed by atoms with van der Waals surface area (Å²) >= 11 is 0. The molecule has 0 bridgehead atoms. The van der Waals surface area contributed by atoms with Gasteiger partial charge in [0.25, 0.3) is 0 Å². The van der Waals surface area contributed by atoms with Crippen LogP contribution in [0.5, 0.6) is 0 Å². The van der Waals surface area contributed by atoms with Gasteiger partial charge in [0.1, 0.15) is 0 Å². The van der Waals surface area contributed by atoms with Gasteiger partial charge in [-0.15, -0.1) is 0 Å². The summed E-state index contributed by atoms with van der Waals surface area (Å²) in [6.07, 6.45) is 4.78. The van der Waals surface area contributed by atoms with Crippen molar-refractivity contribution in [2.24, 2.45) is 0 Å². The summed E-state index contributed by atoms with van der Waals surface area (Å²) in [5.41, 5.74) is 0. The van der Waals surface area contributed by atoms with E-state index in [1.807, 2.05) is 14.1 Å². The Morgan fingerprint density at radius 3 is 2.64 bits per heavy atom. The van der Waals surface area contributed by atoms with Gasteiger partial charge in [-0.05, 0) is 0 Å². The predicted octanol–water partition coefficient (Wildman–Crippen LogP) is 0.302. The molecule has 1 rings (SSSR count). The number of hydrogen-bond donors (Lipinski definition) is 1. The molecule has 5 nitrogen and oxygen atoms in total. The van der Waals surface area contributed by atoms with Crippen molar-refractivity contribution in [1.29, 1.82) is 0 Å². The topological polar surface area (TPSA) is 64.3 Å². The van der Waals surface area contributed by atoms with E-state index in [-0.39, 0.29) is 14.5 Å². The van der Waals surface area contributed by atoms with Gasteiger partial charge in [-0.25, -0.2) is 0 Å². The van der Waals surface area contributed by atoms with Gasteiger partial charge in [0.2, 0.25) is 0 Å². The molecule has 6 heteroatoms. The first kappa shape index (κ1) is 13.1. The Morgan fingerprint density at radius 1 is 1.64 bits per heavy atom. The summed E-state index contributed by atoms with van der Waals surface area (Å²) in [5.74, 6) is 2.62. The van der Waals surface area contributed by atoms with Crippen LogP contribution in [0, 0.1) is 5.75 Å². The van der Waals surface area contributed by atoms with Gasteiger partial charge in [-0.2, -0.15) is 0 Å². The fraction of sp³-hybridized carbons (Fsp3) is 0.500. The van der Waals surface area contributed by atoms with Crippen LogP contribution in [0.4, 0.5) is 0 Å². The van der Waals surface area contributed by atoms with Crippen molar-refractivity contribution < 1.29 is 14.2 Å². The molecule has 0 aromatic carbocycles. The fourth-order valence-electron chi connectivity index (χ4n) is 0.603. The van der Waals surface area contributed by atoms with Gasteiger partial charge in [0.15, 0.2) is 0 Å². The Labute approximate surface area is 84.5 Å². The van der Waals surface area contributed by atoms with E-state index < -0.39 is 0 Å². The third-order valence-electron chi connectivity index (χ3n) is 1.34. The van der Waals surface area contributed by atoms with E-state index in [1.54, 1.807) is 12.4 Å². The SMILES string of the molecule is C[N+](C)(C#P=O)CCO.c1c[n-]cn1. The summed E-state index contributed by atoms with van der Waals surface area (Å²) in [5, 5.41) is 8.47. The summed E-state index contributed by atoms with van der Waals surface area (Å²) in [7, 11) is 3.54. The van der Waals surface area contributed by atoms with Crippen LogP contribution in [0.2, 0.25) is 0 Å². The van der Waals surface area contributed by atoms with E-state index in [1.165, 1.54) is 6.33 Å². The normalized spacial score (nSPS) is 9.64. The number of aromatic nitrogens is 2. The van der Waals surface area contributed by atoms with Gasteiger partial charge in [0.05, 0.1) is 0 Å². The maximum Gasteiger partial charge on any atom is -0.0843 e. The van der Waals surface area contributed by atoms with Crippen LogP contribution in [0.25, 0.3) is 0 Å². The second-order valence-electron chi connectivity index (χ2n) is 3.04. The van der Waals surface area contributed by atoms with Crippen molar-refractivity contribution in [3.8, 4) is 5.75 Å². The molecule has 0 amide bonds. The molecular weight excluding hydrogens is 201 g/mol. The summed E-state index contributed by atoms with van der Waals surface area (Å²) in [6, 6.07) is 0. The van der Waals surface area contributed by atoms with Crippen LogP contribution < -0.4 is 4.98 Å². The molecule has 0 aliphatic heterocycles. The number of aliphatic hydroxyl groups is 1. The van der Waals surface area contributed by atoms with E-state index in [0.29, 0.717) is 11.0 Å². The first-order valence-corrected chi connectivity index (χ1v) is 4.84. The van der Waals surface area contributed by atoms with Crippen molar-refractivity contribution in [1.82, 2.24) is 9.97 Å². The minimum atomic E-state index is -0.105. The van der Waals surface area contributed by atoms with Crippen LogP contribution in [0.15, 0.2) is 18.7 Å². The number of imidazole rings is 1. The largest absolute Gasteiger partial charge is 0.450 e. The smallest absolute Gasteiger partial charge is 0.0843 e. The number of rotatable bonds is 2. The average molecular weight is 215 g/mol. The molecule has 0 fully saturated rings. The third-order valence-corrected chi connectivity index (χ3v) is 1.97. The molecule has 1 aromatic heterocycles. The predicted molar refractivity (Wildman–Crippen MR) is 53.1 cm³/mol. The zero-order valence-corrected chi connectivity index (χ0v) is 9.19. The monoisotopic (exact) mass is 215 g/mol. The Bertz CT molecular complexity index is 300. The molecule has 0 unspecified atom stereocenters. The molecule has 78 valence electrons. The number of likely N-dealkylation sites (N-methyl/N-ethyl adjacent to an activating group) is 1. The van der Waals surface area contributed by atoms with Gasteiger partial charge in [0, 0.05) is 0 Å². The molecule has 1 aromatic rings. The Morgan fingerprint density at radius 2 is 2.36 bits per heavy atom. The van der Waals surface area contributed by atoms with Crippen molar-refractivity contribution in [2.75, 3.05) is 27.2 Å². The zero-order chi connectivity index (χ0) is 10.9. The molecule has 0 atom stereocenters. The van der Waals surface area contributed by atoms with Crippen molar-refractivity contribution in [3.05, 3.63) is 18.7 Å². The molecule has 0 radical (unpaired) electrons. The molecule has 0 saturated heterocycles. The van der Waals surface area contributed by atoms with E-state index in [0.717, 1.165) is 0 Å². The Hall–Kier alpha value is -0.860. The van der Waals surface area contributed by atoms with Crippen molar-refractivity contribution in [2.45, 2.75) is 0 Å². The molecule has 0 spiro atoms. The average Bonchev–Trinajstić information content (AvgIpc) is 2.59. The fourth-order valence-corrected chi connectivity index (χ4v) is 0.924. The first-order valence-electron chi connectivity index (χ1n) is 4.02. The molecule has 0 aliphatic carbocycles. The number of quaternary nitrogens is 1. The number of hydrogen-bond acceptors (Lipinski definition) is 3. The van der Waals surface area contributed by atoms with E-state index in [4.69, 9.17) is 5.11 Å². The van der Waals surface area contributed by atoms with Crippen LogP contribution in [-0.2, 0) is 4.57 Å². The Balaban J connectivity index is 0.000000280. The van der Waals surface area contributed by atoms with Crippen molar-refractivity contribution >= 4 is 7.92 Å². The van der Waals surface area contributed by atoms with Crippen LogP contribution in [-0.4, -0.2) is 41.8 Å². The van der Waals surface area contributed by atoms with E-state index in [2.05, 4.69) is 15.7 Å². The number of aliphatic hydroxyl groups excluding tert-OH is 1. The third kappa shape index (κ3) is 7.77. The molecule has 0 saturated carbocycles. The maximum atomic E-state index is 9.98. The van der Waals surface area contributed by atoms with Crippen LogP contribution >= 0.6 is 7.92 Å². The molecule has 1 heterocycles. The standard InChI is InChI=1S/C5H11NO2P.C3H3N2/c1-6(2,3-4-7)5-9-8;1-2-5-3-4-1/h7H,3-4H2,1-2H3;1-3H/q+1;-1. The Kier molecular flexibility index (Phi) is 7.07. The molecule has 14 heavy (non-hydrogen) atoms. The zero-order valence-electron chi connectivity index (χ0n) is 8.29. The summed E-state index contributed by atoms with van der Waals surface area (Å²) in [6.45, 7) is 0.644. The van der Waals surface area contributed by atoms with E-state index >= 15 is 0 Å². The second-order valence-corrected chi connectivity index (χ2v) is 3.42. The minimum absolute atomic E-state index is 0.0928. The van der Waals surface area contributed by atoms with Gasteiger partial charge < -0.3 is 9.97 Å². The molecular formula is C8H14N3O2P. The van der Waals surface area contributed by atoms with Gasteiger partial charge >= 0.3 is 55.1 Å².